The van der Waals surface area contributed by atoms with Gasteiger partial charge in [0.1, 0.15) is 0 Å². The van der Waals surface area contributed by atoms with Gasteiger partial charge < -0.3 is 16.2 Å². The predicted molar refractivity (Wildman–Crippen MR) is 80.3 cm³/mol. The lowest BCUT2D eigenvalue weighted by molar-refractivity contribution is 0.0697. The van der Waals surface area contributed by atoms with E-state index in [0.29, 0.717) is 11.4 Å². The Morgan fingerprint density at radius 1 is 1.17 bits per heavy atom. The highest BCUT2D eigenvalue weighted by Crippen LogP contribution is 2.27. The van der Waals surface area contributed by atoms with Gasteiger partial charge in [0.2, 0.25) is 0 Å². The van der Waals surface area contributed by atoms with Gasteiger partial charge in [-0.25, -0.2) is 4.79 Å². The summed E-state index contributed by atoms with van der Waals surface area (Å²) in [5, 5.41) is 12.1. The Morgan fingerprint density at radius 2 is 1.89 bits per heavy atom. The van der Waals surface area contributed by atoms with Crippen LogP contribution >= 0.6 is 22.6 Å². The molecule has 2 aromatic carbocycles. The van der Waals surface area contributed by atoms with Crippen molar-refractivity contribution in [1.82, 2.24) is 0 Å². The molecule has 0 amide bonds. The summed E-state index contributed by atoms with van der Waals surface area (Å²) < 4.78 is 1.04. The van der Waals surface area contributed by atoms with Crippen LogP contribution in [0.1, 0.15) is 10.4 Å². The van der Waals surface area contributed by atoms with E-state index in [1.54, 1.807) is 6.07 Å². The van der Waals surface area contributed by atoms with Crippen molar-refractivity contribution in [2.24, 2.45) is 0 Å². The second kappa shape index (κ2) is 5.26. The Bertz CT molecular complexity index is 599. The highest BCUT2D eigenvalue weighted by molar-refractivity contribution is 14.1. The van der Waals surface area contributed by atoms with Gasteiger partial charge in [0, 0.05) is 3.57 Å². The van der Waals surface area contributed by atoms with Crippen LogP contribution in [0.25, 0.3) is 0 Å². The first-order valence-corrected chi connectivity index (χ1v) is 6.30. The van der Waals surface area contributed by atoms with Crippen molar-refractivity contribution in [1.29, 1.82) is 0 Å². The van der Waals surface area contributed by atoms with E-state index < -0.39 is 5.97 Å². The molecule has 0 saturated carbocycles. The van der Waals surface area contributed by atoms with Gasteiger partial charge >= 0.3 is 5.97 Å². The highest BCUT2D eigenvalue weighted by Gasteiger charge is 2.07. The second-order valence-corrected chi connectivity index (χ2v) is 4.87. The number of nitrogens with two attached hydrogens (primary N) is 1. The number of carbonyl (C=O) groups is 1. The maximum absolute atomic E-state index is 10.9. The molecule has 5 heteroatoms. The summed E-state index contributed by atoms with van der Waals surface area (Å²) in [5.74, 6) is -0.971. The summed E-state index contributed by atoms with van der Waals surface area (Å²) in [5.41, 5.74) is 8.04. The molecule has 0 spiro atoms. The van der Waals surface area contributed by atoms with Crippen molar-refractivity contribution in [3.05, 3.63) is 51.6 Å². The van der Waals surface area contributed by atoms with Crippen LogP contribution in [0.3, 0.4) is 0 Å². The molecular formula is C13H11IN2O2. The lowest BCUT2D eigenvalue weighted by Crippen LogP contribution is -2.02. The SMILES string of the molecule is Nc1ccc(C(=O)O)cc1Nc1ccccc1I. The number of nitrogen functional groups attached to an aromatic ring is 1. The van der Waals surface area contributed by atoms with Crippen LogP contribution in [-0.2, 0) is 0 Å². The summed E-state index contributed by atoms with van der Waals surface area (Å²) in [6, 6.07) is 12.3. The first-order chi connectivity index (χ1) is 8.58. The molecule has 0 unspecified atom stereocenters. The van der Waals surface area contributed by atoms with Crippen LogP contribution in [0.5, 0.6) is 0 Å². The predicted octanol–water partition coefficient (Wildman–Crippen LogP) is 3.32. The number of anilines is 3. The molecule has 2 aromatic rings. The first-order valence-electron chi connectivity index (χ1n) is 5.22. The van der Waals surface area contributed by atoms with E-state index in [1.165, 1.54) is 12.1 Å². The third kappa shape index (κ3) is 2.73. The van der Waals surface area contributed by atoms with Crippen LogP contribution in [0.15, 0.2) is 42.5 Å². The number of para-hydroxylation sites is 1. The van der Waals surface area contributed by atoms with Crippen LogP contribution in [0, 0.1) is 3.57 Å². The molecule has 0 aromatic heterocycles. The highest BCUT2D eigenvalue weighted by atomic mass is 127. The van der Waals surface area contributed by atoms with Gasteiger partial charge in [-0.3, -0.25) is 0 Å². The molecule has 4 N–H and O–H groups in total. The van der Waals surface area contributed by atoms with Gasteiger partial charge in [-0.2, -0.15) is 0 Å². The molecule has 0 radical (unpaired) electrons. The van der Waals surface area contributed by atoms with Gasteiger partial charge in [0.25, 0.3) is 0 Å². The number of halogens is 1. The van der Waals surface area contributed by atoms with Crippen LogP contribution in [-0.4, -0.2) is 11.1 Å². The van der Waals surface area contributed by atoms with Gasteiger partial charge in [0.05, 0.1) is 22.6 Å². The molecule has 4 nitrogen and oxygen atoms in total. The summed E-state index contributed by atoms with van der Waals surface area (Å²) in [7, 11) is 0. The number of carboxylic acids is 1. The Balaban J connectivity index is 2.37. The largest absolute Gasteiger partial charge is 0.478 e. The van der Waals surface area contributed by atoms with Crippen molar-refractivity contribution >= 4 is 45.6 Å². The number of aromatic carboxylic acids is 1. The monoisotopic (exact) mass is 354 g/mol. The topological polar surface area (TPSA) is 75.4 Å². The molecule has 0 aliphatic heterocycles. The van der Waals surface area contributed by atoms with E-state index in [2.05, 4.69) is 27.9 Å². The molecule has 18 heavy (non-hydrogen) atoms. The maximum Gasteiger partial charge on any atom is 0.335 e. The number of hydrogen-bond acceptors (Lipinski definition) is 3. The smallest absolute Gasteiger partial charge is 0.335 e. The minimum Gasteiger partial charge on any atom is -0.478 e. The number of rotatable bonds is 3. The molecule has 0 heterocycles. The molecule has 0 fully saturated rings. The molecule has 0 aliphatic carbocycles. The molecule has 0 saturated heterocycles. The molecule has 2 rings (SSSR count). The molecule has 0 aliphatic rings. The third-order valence-corrected chi connectivity index (χ3v) is 3.38. The van der Waals surface area contributed by atoms with Crippen molar-refractivity contribution < 1.29 is 9.90 Å². The quantitative estimate of drug-likeness (QED) is 0.584. The van der Waals surface area contributed by atoms with E-state index in [9.17, 15) is 4.79 Å². The van der Waals surface area contributed by atoms with Crippen LogP contribution in [0.4, 0.5) is 17.1 Å². The van der Waals surface area contributed by atoms with Gasteiger partial charge in [-0.05, 0) is 52.9 Å². The average Bonchev–Trinajstić information content (AvgIpc) is 2.34. The van der Waals surface area contributed by atoms with Crippen LogP contribution in [0.2, 0.25) is 0 Å². The van der Waals surface area contributed by atoms with Crippen molar-refractivity contribution in [2.45, 2.75) is 0 Å². The minimum atomic E-state index is -0.971. The van der Waals surface area contributed by atoms with Gasteiger partial charge in [-0.15, -0.1) is 0 Å². The van der Waals surface area contributed by atoms with Crippen molar-refractivity contribution in [3.63, 3.8) is 0 Å². The van der Waals surface area contributed by atoms with Gasteiger partial charge in [-0.1, -0.05) is 12.1 Å². The zero-order valence-electron chi connectivity index (χ0n) is 9.35. The van der Waals surface area contributed by atoms with E-state index in [4.69, 9.17) is 10.8 Å². The van der Waals surface area contributed by atoms with Crippen LogP contribution < -0.4 is 11.1 Å². The van der Waals surface area contributed by atoms with E-state index in [0.717, 1.165) is 9.26 Å². The van der Waals surface area contributed by atoms with Gasteiger partial charge in [0.15, 0.2) is 0 Å². The number of hydrogen-bond donors (Lipinski definition) is 3. The molecule has 0 atom stereocenters. The summed E-state index contributed by atoms with van der Waals surface area (Å²) >= 11 is 2.20. The Morgan fingerprint density at radius 3 is 2.56 bits per heavy atom. The summed E-state index contributed by atoms with van der Waals surface area (Å²) in [6.45, 7) is 0. The zero-order valence-corrected chi connectivity index (χ0v) is 11.5. The summed E-state index contributed by atoms with van der Waals surface area (Å²) in [4.78, 5) is 10.9. The number of carboxylic acid groups (broad SMARTS) is 1. The zero-order chi connectivity index (χ0) is 13.1. The van der Waals surface area contributed by atoms with Crippen molar-refractivity contribution in [2.75, 3.05) is 11.1 Å². The Labute approximate surface area is 118 Å². The molecule has 0 bridgehead atoms. The van der Waals surface area contributed by atoms with E-state index in [1.807, 2.05) is 24.3 Å². The minimum absolute atomic E-state index is 0.206. The Hall–Kier alpha value is -1.76. The first kappa shape index (κ1) is 12.7. The standard InChI is InChI=1S/C13H11IN2O2/c14-9-3-1-2-4-11(9)16-12-7-8(13(17)18)5-6-10(12)15/h1-7,16H,15H2,(H,17,18). The summed E-state index contributed by atoms with van der Waals surface area (Å²) in [6.07, 6.45) is 0. The second-order valence-electron chi connectivity index (χ2n) is 3.71. The number of benzene rings is 2. The third-order valence-electron chi connectivity index (χ3n) is 2.44. The fraction of sp³-hybridized carbons (Fsp3) is 0. The molecular weight excluding hydrogens is 343 g/mol. The van der Waals surface area contributed by atoms with E-state index in [-0.39, 0.29) is 5.56 Å². The Kier molecular flexibility index (Phi) is 3.71. The maximum atomic E-state index is 10.9. The average molecular weight is 354 g/mol. The fourth-order valence-corrected chi connectivity index (χ4v) is 2.03. The fourth-order valence-electron chi connectivity index (χ4n) is 1.51. The normalized spacial score (nSPS) is 10.1. The van der Waals surface area contributed by atoms with E-state index >= 15 is 0 Å². The lowest BCUT2D eigenvalue weighted by Gasteiger charge is -2.11. The van der Waals surface area contributed by atoms with Crippen molar-refractivity contribution in [3.8, 4) is 0 Å². The number of nitrogens with one attached hydrogen (secondary N) is 1. The molecule has 92 valence electrons. The lowest BCUT2D eigenvalue weighted by atomic mass is 10.1.